The van der Waals surface area contributed by atoms with Crippen LogP contribution in [-0.2, 0) is 32.2 Å². The molecule has 0 aliphatic carbocycles. The molecular formula is C40H46N2O6. The van der Waals surface area contributed by atoms with Gasteiger partial charge >= 0.3 is 5.97 Å². The van der Waals surface area contributed by atoms with Crippen molar-refractivity contribution < 1.29 is 29.3 Å². The number of ether oxygens (including phenoxy) is 2. The van der Waals surface area contributed by atoms with Crippen molar-refractivity contribution in [3.8, 4) is 11.1 Å². The maximum absolute atomic E-state index is 12.3. The number of aliphatic hydroxyl groups is 1. The summed E-state index contributed by atoms with van der Waals surface area (Å²) in [7, 11) is 2.13. The quantitative estimate of drug-likeness (QED) is 0.116. The van der Waals surface area contributed by atoms with Crippen molar-refractivity contribution in [1.82, 2.24) is 10.2 Å². The van der Waals surface area contributed by atoms with Crippen LogP contribution in [0, 0.1) is 0 Å². The van der Waals surface area contributed by atoms with Gasteiger partial charge in [-0.25, -0.2) is 0 Å². The first-order valence-electron chi connectivity index (χ1n) is 16.7. The zero-order chi connectivity index (χ0) is 33.9. The molecule has 1 heterocycles. The van der Waals surface area contributed by atoms with Gasteiger partial charge in [0, 0.05) is 44.0 Å². The minimum Gasteiger partial charge on any atom is -0.481 e. The number of rotatable bonds is 15. The molecule has 252 valence electrons. The van der Waals surface area contributed by atoms with E-state index in [1.54, 1.807) is 0 Å². The van der Waals surface area contributed by atoms with Crippen molar-refractivity contribution in [3.05, 3.63) is 131 Å². The average Bonchev–Trinajstić information content (AvgIpc) is 3.12. The molecule has 0 aromatic heterocycles. The zero-order valence-corrected chi connectivity index (χ0v) is 27.8. The summed E-state index contributed by atoms with van der Waals surface area (Å²) in [5.41, 5.74) is 7.10. The van der Waals surface area contributed by atoms with Crippen molar-refractivity contribution in [1.29, 1.82) is 0 Å². The summed E-state index contributed by atoms with van der Waals surface area (Å²) in [5, 5.41) is 21.3. The molecule has 1 amide bonds. The lowest BCUT2D eigenvalue weighted by Crippen LogP contribution is -2.38. The number of benzene rings is 4. The van der Waals surface area contributed by atoms with E-state index >= 15 is 0 Å². The van der Waals surface area contributed by atoms with Crippen LogP contribution < -0.4 is 5.32 Å². The topological polar surface area (TPSA) is 108 Å². The molecule has 8 heteroatoms. The van der Waals surface area contributed by atoms with Gasteiger partial charge in [-0.3, -0.25) is 14.5 Å². The standard InChI is InChI=1S/C40H46N2O6/c1-28(31-11-4-3-5-12-31)42(2)26-36-24-37(32-20-18-29(27-43)19-21-32)48-40(47-36)35-15-9-14-34(23-35)33-13-8-10-30(22-33)25-41-38(44)16-6-7-17-39(45)46/h3-5,8-15,18-23,28,36-37,40,43H,6-7,16-17,24-27H2,1-2H3,(H,41,44)(H,45,46). The Balaban J connectivity index is 1.30. The molecule has 8 nitrogen and oxygen atoms in total. The van der Waals surface area contributed by atoms with Crippen LogP contribution in [0.1, 0.15) is 85.3 Å². The van der Waals surface area contributed by atoms with Crippen molar-refractivity contribution in [3.63, 3.8) is 0 Å². The molecule has 1 aliphatic heterocycles. The second-order valence-corrected chi connectivity index (χ2v) is 12.6. The van der Waals surface area contributed by atoms with Gasteiger partial charge in [0.05, 0.1) is 18.8 Å². The summed E-state index contributed by atoms with van der Waals surface area (Å²) in [6, 6.07) is 34.9. The highest BCUT2D eigenvalue weighted by atomic mass is 16.7. The van der Waals surface area contributed by atoms with E-state index in [9.17, 15) is 14.7 Å². The van der Waals surface area contributed by atoms with Crippen LogP contribution >= 0.6 is 0 Å². The number of aliphatic hydroxyl groups excluding tert-OH is 1. The van der Waals surface area contributed by atoms with Crippen LogP contribution in [0.25, 0.3) is 11.1 Å². The van der Waals surface area contributed by atoms with Crippen LogP contribution in [0.2, 0.25) is 0 Å². The molecule has 1 saturated heterocycles. The second-order valence-electron chi connectivity index (χ2n) is 12.6. The Bertz CT molecular complexity index is 1630. The zero-order valence-electron chi connectivity index (χ0n) is 27.8. The van der Waals surface area contributed by atoms with Crippen molar-refractivity contribution >= 4 is 11.9 Å². The molecule has 48 heavy (non-hydrogen) atoms. The maximum atomic E-state index is 12.3. The number of carbonyl (C=O) groups excluding carboxylic acids is 1. The van der Waals surface area contributed by atoms with E-state index < -0.39 is 12.3 Å². The summed E-state index contributed by atoms with van der Waals surface area (Å²) in [6.07, 6.45) is 1.30. The van der Waals surface area contributed by atoms with Crippen LogP contribution in [0.3, 0.4) is 0 Å². The minimum atomic E-state index is -0.841. The Morgan fingerprint density at radius 2 is 1.54 bits per heavy atom. The molecular weight excluding hydrogens is 604 g/mol. The molecule has 0 saturated carbocycles. The molecule has 1 aliphatic rings. The Hall–Kier alpha value is -4.34. The van der Waals surface area contributed by atoms with E-state index in [2.05, 4.69) is 66.7 Å². The molecule has 0 bridgehead atoms. The first kappa shape index (κ1) is 35.0. The molecule has 1 fully saturated rings. The average molecular weight is 651 g/mol. The molecule has 0 spiro atoms. The van der Waals surface area contributed by atoms with E-state index in [0.29, 0.717) is 32.2 Å². The Labute approximate surface area is 283 Å². The second kappa shape index (κ2) is 17.2. The number of carboxylic acids is 1. The molecule has 4 atom stereocenters. The lowest BCUT2D eigenvalue weighted by molar-refractivity contribution is -0.253. The number of hydrogen-bond donors (Lipinski definition) is 3. The molecule has 4 aromatic rings. The predicted molar refractivity (Wildman–Crippen MR) is 186 cm³/mol. The smallest absolute Gasteiger partial charge is 0.303 e. The third-order valence-electron chi connectivity index (χ3n) is 9.00. The lowest BCUT2D eigenvalue weighted by atomic mass is 9.98. The van der Waals surface area contributed by atoms with Crippen LogP contribution in [-0.4, -0.2) is 46.7 Å². The van der Waals surface area contributed by atoms with Crippen LogP contribution in [0.5, 0.6) is 0 Å². The van der Waals surface area contributed by atoms with E-state index in [1.807, 2.05) is 60.7 Å². The van der Waals surface area contributed by atoms with E-state index in [4.69, 9.17) is 14.6 Å². The summed E-state index contributed by atoms with van der Waals surface area (Å²) >= 11 is 0. The number of unbranched alkanes of at least 4 members (excludes halogenated alkanes) is 1. The van der Waals surface area contributed by atoms with Gasteiger partial charge in [-0.2, -0.15) is 0 Å². The van der Waals surface area contributed by atoms with E-state index in [-0.39, 0.29) is 37.2 Å². The Kier molecular flexibility index (Phi) is 12.5. The minimum absolute atomic E-state index is 0.00268. The monoisotopic (exact) mass is 650 g/mol. The van der Waals surface area contributed by atoms with Crippen LogP contribution in [0.4, 0.5) is 0 Å². The molecule has 5 rings (SSSR count). The first-order chi connectivity index (χ1) is 23.3. The van der Waals surface area contributed by atoms with Gasteiger partial charge in [-0.1, -0.05) is 91.0 Å². The largest absolute Gasteiger partial charge is 0.481 e. The van der Waals surface area contributed by atoms with Gasteiger partial charge in [-0.05, 0) is 72.3 Å². The third kappa shape index (κ3) is 9.84. The number of nitrogens with zero attached hydrogens (tertiary/aromatic N) is 1. The Morgan fingerprint density at radius 1 is 0.833 bits per heavy atom. The van der Waals surface area contributed by atoms with E-state index in [0.717, 1.165) is 39.9 Å². The highest BCUT2D eigenvalue weighted by Gasteiger charge is 2.33. The number of aliphatic carboxylic acids is 1. The lowest BCUT2D eigenvalue weighted by Gasteiger charge is -2.39. The summed E-state index contributed by atoms with van der Waals surface area (Å²) < 4.78 is 13.3. The van der Waals surface area contributed by atoms with Gasteiger partial charge in [0.2, 0.25) is 5.91 Å². The van der Waals surface area contributed by atoms with Gasteiger partial charge in [0.15, 0.2) is 6.29 Å². The maximum Gasteiger partial charge on any atom is 0.303 e. The first-order valence-corrected chi connectivity index (χ1v) is 16.7. The third-order valence-corrected chi connectivity index (χ3v) is 9.00. The van der Waals surface area contributed by atoms with Gasteiger partial charge in [-0.15, -0.1) is 0 Å². The van der Waals surface area contributed by atoms with Crippen molar-refractivity contribution in [2.45, 2.75) is 76.7 Å². The summed E-state index contributed by atoms with van der Waals surface area (Å²) in [4.78, 5) is 25.3. The van der Waals surface area contributed by atoms with E-state index in [1.165, 1.54) is 5.56 Å². The summed E-state index contributed by atoms with van der Waals surface area (Å²) in [6.45, 7) is 3.34. The van der Waals surface area contributed by atoms with Crippen molar-refractivity contribution in [2.75, 3.05) is 13.6 Å². The molecule has 3 N–H and O–H groups in total. The van der Waals surface area contributed by atoms with Gasteiger partial charge < -0.3 is 25.0 Å². The fourth-order valence-corrected chi connectivity index (χ4v) is 6.07. The van der Waals surface area contributed by atoms with Gasteiger partial charge in [0.1, 0.15) is 0 Å². The molecule has 0 radical (unpaired) electrons. The number of carbonyl (C=O) groups is 2. The normalized spacial score (nSPS) is 18.4. The fourth-order valence-electron chi connectivity index (χ4n) is 6.07. The molecule has 4 aromatic carbocycles. The number of nitrogens with one attached hydrogen (secondary N) is 1. The molecule has 4 unspecified atom stereocenters. The van der Waals surface area contributed by atoms with Crippen LogP contribution in [0.15, 0.2) is 103 Å². The highest BCUT2D eigenvalue weighted by Crippen LogP contribution is 2.39. The number of amides is 1. The number of likely N-dealkylation sites (N-methyl/N-ethyl adjacent to an activating group) is 1. The number of carboxylic acid groups (broad SMARTS) is 1. The van der Waals surface area contributed by atoms with Crippen molar-refractivity contribution in [2.24, 2.45) is 0 Å². The van der Waals surface area contributed by atoms with Gasteiger partial charge in [0.25, 0.3) is 0 Å². The SMILES string of the molecule is CC(c1ccccc1)N(C)CC1CC(c2ccc(CO)cc2)OC(c2cccc(-c3cccc(CNC(=O)CCCCC(=O)O)c3)c2)O1. The fraction of sp³-hybridized carbons (Fsp3) is 0.350. The summed E-state index contributed by atoms with van der Waals surface area (Å²) in [5.74, 6) is -0.926. The Morgan fingerprint density at radius 3 is 2.27 bits per heavy atom. The number of hydrogen-bond acceptors (Lipinski definition) is 6. The predicted octanol–water partition coefficient (Wildman–Crippen LogP) is 7.35. The highest BCUT2D eigenvalue weighted by molar-refractivity contribution is 5.76.